The molecule has 2 aromatic heterocycles. The van der Waals surface area contributed by atoms with E-state index < -0.39 is 0 Å². The molecule has 1 aliphatic carbocycles. The average Bonchev–Trinajstić information content (AvgIpc) is 3.48. The molecule has 0 spiro atoms. The summed E-state index contributed by atoms with van der Waals surface area (Å²) in [5.41, 5.74) is 3.37. The highest BCUT2D eigenvalue weighted by molar-refractivity contribution is 5.85. The van der Waals surface area contributed by atoms with Crippen LogP contribution >= 0.6 is 0 Å². The molecule has 8 heteroatoms. The number of fused-ring (bicyclic) bond motifs is 1. The van der Waals surface area contributed by atoms with E-state index >= 15 is 0 Å². The molecule has 1 amide bonds. The van der Waals surface area contributed by atoms with Crippen LogP contribution in [0.15, 0.2) is 6.07 Å². The molecule has 0 unspecified atom stereocenters. The van der Waals surface area contributed by atoms with Crippen molar-refractivity contribution in [2.24, 2.45) is 0 Å². The normalized spacial score (nSPS) is 18.2. The van der Waals surface area contributed by atoms with Gasteiger partial charge in [-0.2, -0.15) is 10.1 Å². The zero-order valence-corrected chi connectivity index (χ0v) is 18.5. The highest BCUT2D eigenvalue weighted by Gasteiger charge is 2.35. The maximum atomic E-state index is 13.1. The summed E-state index contributed by atoms with van der Waals surface area (Å²) in [5, 5.41) is 10.9. The number of aromatic nitrogens is 4. The highest BCUT2D eigenvalue weighted by Crippen LogP contribution is 2.33. The van der Waals surface area contributed by atoms with E-state index in [9.17, 15) is 4.79 Å². The van der Waals surface area contributed by atoms with Crippen molar-refractivity contribution in [3.63, 3.8) is 0 Å². The second-order valence-electron chi connectivity index (χ2n) is 8.50. The van der Waals surface area contributed by atoms with Crippen molar-refractivity contribution in [3.8, 4) is 0 Å². The number of hydrogen-bond donors (Lipinski definition) is 2. The molecule has 8 nitrogen and oxygen atoms in total. The molecule has 2 aromatic rings. The fraction of sp³-hybridized carbons (Fsp3) is 0.636. The third-order valence-corrected chi connectivity index (χ3v) is 6.26. The van der Waals surface area contributed by atoms with Gasteiger partial charge in [-0.1, -0.05) is 13.8 Å². The van der Waals surface area contributed by atoms with Crippen LogP contribution in [0.25, 0.3) is 0 Å². The lowest BCUT2D eigenvalue weighted by atomic mass is 10.1. The maximum absolute atomic E-state index is 13.1. The number of carbonyl (C=O) groups is 1. The molecule has 3 heterocycles. The molecule has 4 rings (SSSR count). The Bertz CT molecular complexity index is 903. The van der Waals surface area contributed by atoms with Gasteiger partial charge in [-0.3, -0.25) is 9.89 Å². The van der Waals surface area contributed by atoms with Crippen LogP contribution in [-0.4, -0.2) is 56.6 Å². The van der Waals surface area contributed by atoms with E-state index in [1.807, 2.05) is 24.8 Å². The van der Waals surface area contributed by atoms with Crippen molar-refractivity contribution in [1.82, 2.24) is 25.1 Å². The van der Waals surface area contributed by atoms with Crippen LogP contribution in [0.1, 0.15) is 69.8 Å². The van der Waals surface area contributed by atoms with Crippen molar-refractivity contribution in [2.75, 3.05) is 29.9 Å². The lowest BCUT2D eigenvalue weighted by Crippen LogP contribution is -2.46. The fourth-order valence-electron chi connectivity index (χ4n) is 4.48. The first-order valence-corrected chi connectivity index (χ1v) is 11.3. The molecular formula is C22H33N7O. The summed E-state index contributed by atoms with van der Waals surface area (Å²) in [6.45, 7) is 10.6. The molecule has 0 aromatic carbocycles. The zero-order chi connectivity index (χ0) is 21.3. The van der Waals surface area contributed by atoms with E-state index in [1.165, 1.54) is 5.56 Å². The molecule has 0 radical (unpaired) electrons. The van der Waals surface area contributed by atoms with E-state index in [-0.39, 0.29) is 11.9 Å². The molecule has 1 saturated heterocycles. The van der Waals surface area contributed by atoms with E-state index in [4.69, 9.17) is 9.97 Å². The number of likely N-dealkylation sites (N-methyl/N-ethyl adjacent to an activating group) is 1. The number of nitrogens with one attached hydrogen (secondary N) is 2. The quantitative estimate of drug-likeness (QED) is 0.726. The second-order valence-corrected chi connectivity index (χ2v) is 8.50. The molecular weight excluding hydrogens is 378 g/mol. The number of hydrogen-bond acceptors (Lipinski definition) is 6. The fourth-order valence-corrected chi connectivity index (χ4v) is 4.48. The summed E-state index contributed by atoms with van der Waals surface area (Å²) < 4.78 is 0. The number of aryl methyl sites for hydroxylation is 1. The number of aromatic amines is 1. The Morgan fingerprint density at radius 3 is 2.77 bits per heavy atom. The lowest BCUT2D eigenvalue weighted by molar-refractivity contribution is -0.132. The summed E-state index contributed by atoms with van der Waals surface area (Å²) in [5.74, 6) is 2.84. The van der Waals surface area contributed by atoms with Gasteiger partial charge in [-0.15, -0.1) is 0 Å². The molecule has 1 fully saturated rings. The van der Waals surface area contributed by atoms with Crippen LogP contribution in [0.4, 0.5) is 17.6 Å². The Balaban J connectivity index is 1.64. The van der Waals surface area contributed by atoms with E-state index in [0.717, 1.165) is 74.8 Å². The van der Waals surface area contributed by atoms with E-state index in [2.05, 4.69) is 34.3 Å². The van der Waals surface area contributed by atoms with Gasteiger partial charge >= 0.3 is 0 Å². The van der Waals surface area contributed by atoms with Crippen LogP contribution in [0, 0.1) is 0 Å². The highest BCUT2D eigenvalue weighted by atomic mass is 16.2. The lowest BCUT2D eigenvalue weighted by Gasteiger charge is -2.29. The average molecular weight is 412 g/mol. The number of anilines is 3. The molecule has 0 saturated carbocycles. The Kier molecular flexibility index (Phi) is 5.92. The number of H-pyrrole nitrogens is 1. The summed E-state index contributed by atoms with van der Waals surface area (Å²) in [6, 6.07) is 1.87. The smallest absolute Gasteiger partial charge is 0.245 e. The summed E-state index contributed by atoms with van der Waals surface area (Å²) >= 11 is 0. The van der Waals surface area contributed by atoms with Crippen LogP contribution in [0.5, 0.6) is 0 Å². The zero-order valence-electron chi connectivity index (χ0n) is 18.5. The van der Waals surface area contributed by atoms with Gasteiger partial charge < -0.3 is 15.1 Å². The predicted molar refractivity (Wildman–Crippen MR) is 118 cm³/mol. The summed E-state index contributed by atoms with van der Waals surface area (Å²) in [4.78, 5) is 26.9. The first-order chi connectivity index (χ1) is 14.5. The molecule has 162 valence electrons. The number of nitrogens with zero attached hydrogens (tertiary/aromatic N) is 5. The van der Waals surface area contributed by atoms with Crippen molar-refractivity contribution in [3.05, 3.63) is 23.0 Å². The van der Waals surface area contributed by atoms with Gasteiger partial charge in [0, 0.05) is 37.0 Å². The van der Waals surface area contributed by atoms with Crippen LogP contribution < -0.4 is 10.2 Å². The van der Waals surface area contributed by atoms with Crippen LogP contribution in [0.3, 0.4) is 0 Å². The van der Waals surface area contributed by atoms with Crippen molar-refractivity contribution >= 4 is 23.5 Å². The number of amides is 1. The Hall–Kier alpha value is -2.64. The van der Waals surface area contributed by atoms with Crippen molar-refractivity contribution in [2.45, 2.75) is 71.8 Å². The van der Waals surface area contributed by atoms with Gasteiger partial charge in [-0.05, 0) is 51.9 Å². The maximum Gasteiger partial charge on any atom is 0.245 e. The van der Waals surface area contributed by atoms with E-state index in [1.54, 1.807) is 0 Å². The van der Waals surface area contributed by atoms with Gasteiger partial charge in [-0.25, -0.2) is 4.98 Å². The Morgan fingerprint density at radius 1 is 1.27 bits per heavy atom. The second kappa shape index (κ2) is 8.62. The largest absolute Gasteiger partial charge is 0.341 e. The monoisotopic (exact) mass is 411 g/mol. The Labute approximate surface area is 178 Å². The van der Waals surface area contributed by atoms with Gasteiger partial charge in [0.1, 0.15) is 11.9 Å². The first kappa shape index (κ1) is 20.6. The molecule has 2 N–H and O–H groups in total. The SMILES string of the molecule is CCN(CC)C(=O)[C@@H]1CCCN1c1nc2c(c(Nc3cc(C(C)C)[nH]n3)n1)CCC2. The van der Waals surface area contributed by atoms with Gasteiger partial charge in [0.2, 0.25) is 11.9 Å². The van der Waals surface area contributed by atoms with Crippen molar-refractivity contribution in [1.29, 1.82) is 0 Å². The minimum Gasteiger partial charge on any atom is -0.341 e. The molecule has 2 aliphatic rings. The van der Waals surface area contributed by atoms with E-state index in [0.29, 0.717) is 11.9 Å². The summed E-state index contributed by atoms with van der Waals surface area (Å²) in [7, 11) is 0. The topological polar surface area (TPSA) is 90.0 Å². The molecule has 1 aliphatic heterocycles. The van der Waals surface area contributed by atoms with Gasteiger partial charge in [0.05, 0.1) is 5.69 Å². The number of rotatable bonds is 7. The standard InChI is InChI=1S/C22H33N7O/c1-5-28(6-2)21(30)18-11-8-12-29(18)22-23-16-10-7-9-15(16)20(25-22)24-19-13-17(14(3)4)26-27-19/h13-14,18H,5-12H2,1-4H3,(H2,23,24,25,26,27)/t18-/m0/s1. The molecule has 30 heavy (non-hydrogen) atoms. The predicted octanol–water partition coefficient (Wildman–Crippen LogP) is 3.39. The van der Waals surface area contributed by atoms with Crippen LogP contribution in [0.2, 0.25) is 0 Å². The van der Waals surface area contributed by atoms with Gasteiger partial charge in [0.25, 0.3) is 0 Å². The van der Waals surface area contributed by atoms with Crippen molar-refractivity contribution < 1.29 is 4.79 Å². The third-order valence-electron chi connectivity index (χ3n) is 6.26. The minimum atomic E-state index is -0.171. The molecule has 0 bridgehead atoms. The number of carbonyl (C=O) groups excluding carboxylic acids is 1. The minimum absolute atomic E-state index is 0.171. The van der Waals surface area contributed by atoms with Gasteiger partial charge in [0.15, 0.2) is 5.82 Å². The first-order valence-electron chi connectivity index (χ1n) is 11.3. The van der Waals surface area contributed by atoms with Crippen LogP contribution in [-0.2, 0) is 17.6 Å². The molecule has 1 atom stereocenters. The Morgan fingerprint density at radius 2 is 2.07 bits per heavy atom. The summed E-state index contributed by atoms with van der Waals surface area (Å²) in [6.07, 6.45) is 4.86. The third kappa shape index (κ3) is 3.87.